The SMILES string of the molecule is C[Si](C)(C)CCOCn1cnc(C2=C(c3cn(COCC[Si](C)(C)C)c4ncccc34)C(=O)NC2=O)n1. The standard InChI is InChI=1S/C25H36N6O4Si2/c1-36(2,3)12-10-34-16-30-14-19(18-8-7-9-26-23(18)30)20-21(25(33)28-24(20)32)22-27-15-31(29-22)17-35-11-13-37(4,5)6/h7-9,14-15H,10-13,16-17H2,1-6H3,(H,28,32,33). The Morgan fingerprint density at radius 1 is 0.892 bits per heavy atom. The zero-order chi connectivity index (χ0) is 26.8. The highest BCUT2D eigenvalue weighted by atomic mass is 28.3. The molecule has 10 nitrogen and oxygen atoms in total. The summed E-state index contributed by atoms with van der Waals surface area (Å²) in [4.78, 5) is 34.7. The van der Waals surface area contributed by atoms with E-state index >= 15 is 0 Å². The second-order valence-electron chi connectivity index (χ2n) is 11.7. The zero-order valence-corrected chi connectivity index (χ0v) is 24.5. The third-order valence-corrected chi connectivity index (χ3v) is 9.45. The zero-order valence-electron chi connectivity index (χ0n) is 22.5. The lowest BCUT2D eigenvalue weighted by atomic mass is 10.0. The van der Waals surface area contributed by atoms with Crippen molar-refractivity contribution in [1.82, 2.24) is 29.6 Å². The van der Waals surface area contributed by atoms with Crippen molar-refractivity contribution < 1.29 is 19.1 Å². The van der Waals surface area contributed by atoms with Crippen LogP contribution in [-0.4, -0.2) is 65.5 Å². The molecule has 4 rings (SSSR count). The molecule has 37 heavy (non-hydrogen) atoms. The number of carbonyl (C=O) groups is 2. The van der Waals surface area contributed by atoms with Crippen LogP contribution < -0.4 is 5.32 Å². The van der Waals surface area contributed by atoms with Gasteiger partial charge >= 0.3 is 0 Å². The number of imide groups is 1. The van der Waals surface area contributed by atoms with Gasteiger partial charge < -0.3 is 14.0 Å². The number of aromatic nitrogens is 5. The van der Waals surface area contributed by atoms with Crippen LogP contribution in [0.5, 0.6) is 0 Å². The number of hydrogen-bond donors (Lipinski definition) is 1. The summed E-state index contributed by atoms with van der Waals surface area (Å²) in [5, 5.41) is 7.60. The Balaban J connectivity index is 1.61. The van der Waals surface area contributed by atoms with Crippen LogP contribution in [0.25, 0.3) is 22.2 Å². The minimum Gasteiger partial charge on any atom is -0.361 e. The quantitative estimate of drug-likeness (QED) is 0.211. The van der Waals surface area contributed by atoms with E-state index < -0.39 is 28.0 Å². The Hall–Kier alpha value is -2.94. The fraction of sp³-hybridized carbons (Fsp3) is 0.480. The van der Waals surface area contributed by atoms with Gasteiger partial charge in [0.05, 0.1) is 11.1 Å². The lowest BCUT2D eigenvalue weighted by molar-refractivity contribution is -0.122. The van der Waals surface area contributed by atoms with Crippen LogP contribution in [0, 0.1) is 0 Å². The number of amides is 2. The second kappa shape index (κ2) is 10.8. The molecule has 0 bridgehead atoms. The maximum absolute atomic E-state index is 13.0. The summed E-state index contributed by atoms with van der Waals surface area (Å²) in [6, 6.07) is 5.78. The average Bonchev–Trinajstić information content (AvgIpc) is 3.48. The molecule has 3 aromatic rings. The normalized spacial score (nSPS) is 14.8. The third kappa shape index (κ3) is 6.69. The number of pyridine rings is 1. The van der Waals surface area contributed by atoms with Crippen molar-refractivity contribution in [3.05, 3.63) is 42.2 Å². The van der Waals surface area contributed by atoms with E-state index in [2.05, 4.69) is 59.7 Å². The minimum absolute atomic E-state index is 0.147. The number of nitrogens with zero attached hydrogens (tertiary/aromatic N) is 5. The Morgan fingerprint density at radius 3 is 2.22 bits per heavy atom. The van der Waals surface area contributed by atoms with Gasteiger partial charge in [0.2, 0.25) is 0 Å². The molecule has 4 heterocycles. The van der Waals surface area contributed by atoms with Crippen molar-refractivity contribution in [3.63, 3.8) is 0 Å². The van der Waals surface area contributed by atoms with Crippen molar-refractivity contribution in [1.29, 1.82) is 0 Å². The van der Waals surface area contributed by atoms with Crippen LogP contribution >= 0.6 is 0 Å². The molecule has 1 aliphatic heterocycles. The van der Waals surface area contributed by atoms with Crippen LogP contribution in [0.1, 0.15) is 11.4 Å². The van der Waals surface area contributed by atoms with Crippen molar-refractivity contribution in [2.75, 3.05) is 13.2 Å². The van der Waals surface area contributed by atoms with E-state index in [4.69, 9.17) is 9.47 Å². The average molecular weight is 541 g/mol. The Morgan fingerprint density at radius 2 is 1.54 bits per heavy atom. The van der Waals surface area contributed by atoms with E-state index in [-0.39, 0.29) is 23.7 Å². The van der Waals surface area contributed by atoms with Crippen molar-refractivity contribution in [2.24, 2.45) is 0 Å². The van der Waals surface area contributed by atoms with Crippen molar-refractivity contribution in [3.8, 4) is 0 Å². The number of carbonyl (C=O) groups excluding carboxylic acids is 2. The number of rotatable bonds is 12. The summed E-state index contributed by atoms with van der Waals surface area (Å²) < 4.78 is 15.1. The minimum atomic E-state index is -1.22. The molecule has 0 saturated carbocycles. The van der Waals surface area contributed by atoms with Gasteiger partial charge in [-0.3, -0.25) is 14.9 Å². The number of ether oxygens (including phenoxy) is 2. The molecule has 3 aromatic heterocycles. The van der Waals surface area contributed by atoms with Gasteiger partial charge in [-0.2, -0.15) is 0 Å². The maximum atomic E-state index is 13.0. The van der Waals surface area contributed by atoms with E-state index in [1.807, 2.05) is 22.9 Å². The van der Waals surface area contributed by atoms with Crippen molar-refractivity contribution >= 4 is 50.1 Å². The first kappa shape index (κ1) is 27.1. The number of fused-ring (bicyclic) bond motifs is 1. The van der Waals surface area contributed by atoms with Crippen molar-refractivity contribution in [2.45, 2.75) is 64.8 Å². The predicted molar refractivity (Wildman–Crippen MR) is 148 cm³/mol. The van der Waals surface area contributed by atoms with Gasteiger partial charge in [-0.15, -0.1) is 5.10 Å². The van der Waals surface area contributed by atoms with Crippen LogP contribution in [0.15, 0.2) is 30.9 Å². The monoisotopic (exact) mass is 540 g/mol. The van der Waals surface area contributed by atoms with Gasteiger partial charge in [0.25, 0.3) is 11.8 Å². The third-order valence-electron chi connectivity index (χ3n) is 6.04. The molecule has 1 aliphatic rings. The highest BCUT2D eigenvalue weighted by molar-refractivity contribution is 6.76. The molecule has 0 fully saturated rings. The van der Waals surface area contributed by atoms with E-state index in [0.717, 1.165) is 17.5 Å². The highest BCUT2D eigenvalue weighted by Gasteiger charge is 2.36. The maximum Gasteiger partial charge on any atom is 0.262 e. The van der Waals surface area contributed by atoms with Crippen LogP contribution in [0.4, 0.5) is 0 Å². The molecular weight excluding hydrogens is 504 g/mol. The fourth-order valence-corrected chi connectivity index (χ4v) is 5.41. The van der Waals surface area contributed by atoms with Crippen LogP contribution in [0.2, 0.25) is 51.4 Å². The first-order valence-corrected chi connectivity index (χ1v) is 19.9. The smallest absolute Gasteiger partial charge is 0.262 e. The van der Waals surface area contributed by atoms with Crippen LogP contribution in [-0.2, 0) is 32.5 Å². The van der Waals surface area contributed by atoms with Gasteiger partial charge in [-0.1, -0.05) is 39.3 Å². The Kier molecular flexibility index (Phi) is 7.92. The lowest BCUT2D eigenvalue weighted by Crippen LogP contribution is -2.23. The van der Waals surface area contributed by atoms with E-state index in [9.17, 15) is 9.59 Å². The Bertz CT molecular complexity index is 1330. The first-order valence-electron chi connectivity index (χ1n) is 12.5. The van der Waals surface area contributed by atoms with Gasteiger partial charge in [0, 0.05) is 52.7 Å². The molecule has 0 saturated heterocycles. The largest absolute Gasteiger partial charge is 0.361 e. The van der Waals surface area contributed by atoms with Gasteiger partial charge in [0.1, 0.15) is 25.4 Å². The molecule has 0 atom stereocenters. The topological polar surface area (TPSA) is 113 Å². The summed E-state index contributed by atoms with van der Waals surface area (Å²) in [5.41, 5.74) is 1.66. The predicted octanol–water partition coefficient (Wildman–Crippen LogP) is 3.82. The summed E-state index contributed by atoms with van der Waals surface area (Å²) in [6.07, 6.45) is 5.03. The van der Waals surface area contributed by atoms with E-state index in [0.29, 0.717) is 31.2 Å². The Labute approximate surface area is 219 Å². The fourth-order valence-electron chi connectivity index (χ4n) is 3.89. The summed E-state index contributed by atoms with van der Waals surface area (Å²) in [5.74, 6) is -0.817. The summed E-state index contributed by atoms with van der Waals surface area (Å²) in [7, 11) is -2.41. The molecule has 0 radical (unpaired) electrons. The number of nitrogens with one attached hydrogen (secondary N) is 1. The molecule has 0 spiro atoms. The van der Waals surface area contributed by atoms with Gasteiger partial charge in [-0.05, 0) is 24.2 Å². The highest BCUT2D eigenvalue weighted by Crippen LogP contribution is 2.34. The van der Waals surface area contributed by atoms with Crippen LogP contribution in [0.3, 0.4) is 0 Å². The summed E-state index contributed by atoms with van der Waals surface area (Å²) in [6.45, 7) is 15.6. The van der Waals surface area contributed by atoms with Gasteiger partial charge in [0.15, 0.2) is 5.82 Å². The summed E-state index contributed by atoms with van der Waals surface area (Å²) >= 11 is 0. The molecule has 0 unspecified atom stereocenters. The number of hydrogen-bond acceptors (Lipinski definition) is 7. The first-order chi connectivity index (χ1) is 17.4. The van der Waals surface area contributed by atoms with E-state index in [1.165, 1.54) is 11.0 Å². The lowest BCUT2D eigenvalue weighted by Gasteiger charge is -2.15. The molecule has 0 aliphatic carbocycles. The van der Waals surface area contributed by atoms with Gasteiger partial charge in [-0.25, -0.2) is 14.6 Å². The molecule has 1 N–H and O–H groups in total. The van der Waals surface area contributed by atoms with E-state index in [1.54, 1.807) is 6.20 Å². The molecule has 0 aromatic carbocycles. The molecule has 198 valence electrons. The molecule has 12 heteroatoms. The molecular formula is C25H36N6O4Si2. The second-order valence-corrected chi connectivity index (χ2v) is 23.0. The molecule has 2 amide bonds.